The van der Waals surface area contributed by atoms with Crippen LogP contribution in [0, 0.1) is 5.92 Å². The molecule has 4 atom stereocenters. The van der Waals surface area contributed by atoms with Gasteiger partial charge in [-0.1, -0.05) is 46.4 Å². The maximum atomic E-state index is 2.49. The van der Waals surface area contributed by atoms with Crippen LogP contribution in [0.5, 0.6) is 0 Å². The van der Waals surface area contributed by atoms with E-state index in [0.717, 1.165) is 23.3 Å². The van der Waals surface area contributed by atoms with Crippen LogP contribution in [0.15, 0.2) is 23.5 Å². The molecule has 1 unspecified atom stereocenters. The molecule has 2 rings (SSSR count). The van der Waals surface area contributed by atoms with E-state index >= 15 is 0 Å². The molecule has 0 spiro atoms. The topological polar surface area (TPSA) is 3.24 Å². The summed E-state index contributed by atoms with van der Waals surface area (Å²) in [6.07, 6.45) is 12.7. The minimum Gasteiger partial charge on any atom is -0.306 e. The van der Waals surface area contributed by atoms with Crippen LogP contribution in [0.25, 0.3) is 0 Å². The van der Waals surface area contributed by atoms with E-state index in [1.807, 2.05) is 0 Å². The molecule has 0 saturated heterocycles. The van der Waals surface area contributed by atoms with Gasteiger partial charge in [-0.05, 0) is 62.8 Å². The molecule has 0 aromatic carbocycles. The second-order valence-corrected chi connectivity index (χ2v) is 9.66. The molecule has 108 valence electrons. The standard InChI is InChI=1S/C17H30NP/c1-13(2)19(15-9-6-7-10-15)17-12-8-11-16(17)14(3)18(4)5/h6,9-10,13-14,16-17H,7-8,11-12H2,1-5H3/t14-,16?,17+,19+/m1/s1. The van der Waals surface area contributed by atoms with Gasteiger partial charge in [-0.15, -0.1) is 0 Å². The van der Waals surface area contributed by atoms with Crippen molar-refractivity contribution >= 4 is 7.92 Å². The van der Waals surface area contributed by atoms with Crippen molar-refractivity contribution in [2.45, 2.75) is 63.8 Å². The van der Waals surface area contributed by atoms with Crippen molar-refractivity contribution in [3.05, 3.63) is 23.5 Å². The molecule has 0 heterocycles. The van der Waals surface area contributed by atoms with Crippen molar-refractivity contribution in [1.82, 2.24) is 4.90 Å². The molecule has 0 aromatic heterocycles. The Balaban J connectivity index is 2.18. The van der Waals surface area contributed by atoms with E-state index < -0.39 is 0 Å². The van der Waals surface area contributed by atoms with Crippen LogP contribution >= 0.6 is 7.92 Å². The van der Waals surface area contributed by atoms with Gasteiger partial charge in [0, 0.05) is 6.04 Å². The van der Waals surface area contributed by atoms with Crippen LogP contribution in [0.1, 0.15) is 46.5 Å². The summed E-state index contributed by atoms with van der Waals surface area (Å²) < 4.78 is 0. The second kappa shape index (κ2) is 6.55. The lowest BCUT2D eigenvalue weighted by Gasteiger charge is -2.37. The molecule has 0 amide bonds. The highest BCUT2D eigenvalue weighted by atomic mass is 31.1. The Kier molecular flexibility index (Phi) is 5.26. The van der Waals surface area contributed by atoms with Gasteiger partial charge in [0.25, 0.3) is 0 Å². The normalized spacial score (nSPS) is 30.2. The summed E-state index contributed by atoms with van der Waals surface area (Å²) >= 11 is 0. The largest absolute Gasteiger partial charge is 0.306 e. The molecule has 0 aliphatic heterocycles. The Bertz CT molecular complexity index is 356. The van der Waals surface area contributed by atoms with Crippen molar-refractivity contribution in [3.63, 3.8) is 0 Å². The lowest BCUT2D eigenvalue weighted by molar-refractivity contribution is 0.232. The predicted molar refractivity (Wildman–Crippen MR) is 88.2 cm³/mol. The maximum Gasteiger partial charge on any atom is 0.00952 e. The van der Waals surface area contributed by atoms with Crippen LogP contribution in [-0.4, -0.2) is 36.4 Å². The Labute approximate surface area is 120 Å². The maximum absolute atomic E-state index is 2.49. The van der Waals surface area contributed by atoms with Crippen molar-refractivity contribution in [2.75, 3.05) is 14.1 Å². The fourth-order valence-corrected chi connectivity index (χ4v) is 7.38. The van der Waals surface area contributed by atoms with E-state index in [-0.39, 0.29) is 7.92 Å². The number of rotatable bonds is 5. The minimum atomic E-state index is 0.0292. The average Bonchev–Trinajstić information content (AvgIpc) is 2.99. The molecule has 19 heavy (non-hydrogen) atoms. The zero-order valence-electron chi connectivity index (χ0n) is 13.3. The molecular formula is C17H30NP. The highest BCUT2D eigenvalue weighted by molar-refractivity contribution is 7.63. The monoisotopic (exact) mass is 279 g/mol. The lowest BCUT2D eigenvalue weighted by Crippen LogP contribution is -2.36. The first kappa shape index (κ1) is 15.3. The van der Waals surface area contributed by atoms with Crippen LogP contribution in [0.3, 0.4) is 0 Å². The van der Waals surface area contributed by atoms with Gasteiger partial charge in [0.05, 0.1) is 0 Å². The van der Waals surface area contributed by atoms with Crippen molar-refractivity contribution < 1.29 is 0 Å². The van der Waals surface area contributed by atoms with E-state index in [9.17, 15) is 0 Å². The zero-order chi connectivity index (χ0) is 14.0. The lowest BCUT2D eigenvalue weighted by atomic mass is 9.98. The summed E-state index contributed by atoms with van der Waals surface area (Å²) in [4.78, 5) is 2.43. The van der Waals surface area contributed by atoms with Gasteiger partial charge in [-0.2, -0.15) is 0 Å². The average molecular weight is 279 g/mol. The molecule has 0 radical (unpaired) electrons. The van der Waals surface area contributed by atoms with Crippen LogP contribution in [0.2, 0.25) is 0 Å². The van der Waals surface area contributed by atoms with Gasteiger partial charge < -0.3 is 4.90 Å². The molecular weight excluding hydrogens is 249 g/mol. The Hall–Kier alpha value is -0.130. The first-order valence-electron chi connectivity index (χ1n) is 7.84. The fourth-order valence-electron chi connectivity index (χ4n) is 3.77. The molecule has 2 aliphatic rings. The van der Waals surface area contributed by atoms with Crippen molar-refractivity contribution in [3.8, 4) is 0 Å². The smallest absolute Gasteiger partial charge is 0.00952 e. The fraction of sp³-hybridized carbons (Fsp3) is 0.765. The van der Waals surface area contributed by atoms with E-state index in [0.29, 0.717) is 0 Å². The number of nitrogens with zero attached hydrogens (tertiary/aromatic N) is 1. The van der Waals surface area contributed by atoms with Gasteiger partial charge in [0.2, 0.25) is 0 Å². The van der Waals surface area contributed by atoms with Crippen LogP contribution in [-0.2, 0) is 0 Å². The first-order valence-corrected chi connectivity index (χ1v) is 9.32. The first-order chi connectivity index (χ1) is 9.02. The van der Waals surface area contributed by atoms with Crippen molar-refractivity contribution in [2.24, 2.45) is 5.92 Å². The summed E-state index contributed by atoms with van der Waals surface area (Å²) in [5, 5.41) is 1.69. The Morgan fingerprint density at radius 2 is 1.95 bits per heavy atom. The van der Waals surface area contributed by atoms with Gasteiger partial charge in [0.15, 0.2) is 0 Å². The summed E-state index contributed by atoms with van der Waals surface area (Å²) in [5.74, 6) is 0.901. The molecule has 1 nitrogen and oxygen atoms in total. The third-order valence-electron chi connectivity index (χ3n) is 4.93. The number of allylic oxidation sites excluding steroid dienone is 4. The molecule has 1 fully saturated rings. The number of hydrogen-bond donors (Lipinski definition) is 0. The molecule has 0 N–H and O–H groups in total. The second-order valence-electron chi connectivity index (χ2n) is 6.63. The summed E-state index contributed by atoms with van der Waals surface area (Å²) in [6.45, 7) is 7.30. The van der Waals surface area contributed by atoms with E-state index in [2.05, 4.69) is 58.0 Å². The third-order valence-corrected chi connectivity index (χ3v) is 8.33. The summed E-state index contributed by atoms with van der Waals surface area (Å²) in [5.41, 5.74) is 1.77. The van der Waals surface area contributed by atoms with Gasteiger partial charge in [-0.25, -0.2) is 0 Å². The summed E-state index contributed by atoms with van der Waals surface area (Å²) in [6, 6.07) is 0.724. The molecule has 0 aromatic rings. The van der Waals surface area contributed by atoms with Crippen LogP contribution in [0.4, 0.5) is 0 Å². The predicted octanol–water partition coefficient (Wildman–Crippen LogP) is 4.84. The van der Waals surface area contributed by atoms with E-state index in [1.165, 1.54) is 25.7 Å². The molecule has 2 heteroatoms. The molecule has 2 aliphatic carbocycles. The van der Waals surface area contributed by atoms with Crippen LogP contribution < -0.4 is 0 Å². The third kappa shape index (κ3) is 3.31. The Morgan fingerprint density at radius 3 is 2.47 bits per heavy atom. The Morgan fingerprint density at radius 1 is 1.21 bits per heavy atom. The highest BCUT2D eigenvalue weighted by Crippen LogP contribution is 2.61. The summed E-state index contributed by atoms with van der Waals surface area (Å²) in [7, 11) is 4.51. The molecule has 1 saturated carbocycles. The van der Waals surface area contributed by atoms with Crippen molar-refractivity contribution in [1.29, 1.82) is 0 Å². The number of hydrogen-bond acceptors (Lipinski definition) is 1. The SMILES string of the molecule is CC(C)[P@@](C1=CCC=C1)[C@H]1CCCC1[C@@H](C)N(C)C. The van der Waals surface area contributed by atoms with E-state index in [4.69, 9.17) is 0 Å². The van der Waals surface area contributed by atoms with E-state index in [1.54, 1.807) is 5.31 Å². The van der Waals surface area contributed by atoms with Gasteiger partial charge in [-0.3, -0.25) is 0 Å². The highest BCUT2D eigenvalue weighted by Gasteiger charge is 2.39. The van der Waals surface area contributed by atoms with Gasteiger partial charge in [0.1, 0.15) is 0 Å². The quantitative estimate of drug-likeness (QED) is 0.651. The minimum absolute atomic E-state index is 0.0292. The van der Waals surface area contributed by atoms with Gasteiger partial charge >= 0.3 is 0 Å². The molecule has 0 bridgehead atoms. The zero-order valence-corrected chi connectivity index (χ0v) is 14.2.